The number of ether oxygens (including phenoxy) is 1. The molecular formula is C13H26N2O3. The zero-order valence-corrected chi connectivity index (χ0v) is 11.5. The zero-order chi connectivity index (χ0) is 13.4. The predicted octanol–water partition coefficient (Wildman–Crippen LogP) is 0.374. The van der Waals surface area contributed by atoms with Crippen molar-refractivity contribution in [3.05, 3.63) is 0 Å². The van der Waals surface area contributed by atoms with Crippen molar-refractivity contribution in [3.8, 4) is 0 Å². The van der Waals surface area contributed by atoms with E-state index in [2.05, 4.69) is 17.1 Å². The number of hydrogen-bond donors (Lipinski definition) is 2. The van der Waals surface area contributed by atoms with Gasteiger partial charge in [0.15, 0.2) is 0 Å². The number of hydrogen-bond acceptors (Lipinski definition) is 5. The van der Waals surface area contributed by atoms with Gasteiger partial charge in [0.2, 0.25) is 0 Å². The van der Waals surface area contributed by atoms with Gasteiger partial charge in [-0.05, 0) is 39.8 Å². The number of likely N-dealkylation sites (tertiary alicyclic amines) is 1. The minimum absolute atomic E-state index is 0.0667. The molecule has 1 saturated heterocycles. The summed E-state index contributed by atoms with van der Waals surface area (Å²) in [4.78, 5) is 13.6. The first-order valence-electron chi connectivity index (χ1n) is 6.91. The third-order valence-electron chi connectivity index (χ3n) is 3.14. The lowest BCUT2D eigenvalue weighted by Gasteiger charge is -2.22. The molecule has 0 aromatic heterocycles. The summed E-state index contributed by atoms with van der Waals surface area (Å²) in [6.45, 7) is 8.04. The summed E-state index contributed by atoms with van der Waals surface area (Å²) in [5.41, 5.74) is 0. The van der Waals surface area contributed by atoms with E-state index in [0.29, 0.717) is 19.2 Å². The Balaban J connectivity index is 2.08. The first-order chi connectivity index (χ1) is 8.61. The van der Waals surface area contributed by atoms with Crippen LogP contribution >= 0.6 is 0 Å². The summed E-state index contributed by atoms with van der Waals surface area (Å²) in [6, 6.07) is 0.333. The zero-order valence-electron chi connectivity index (χ0n) is 11.5. The van der Waals surface area contributed by atoms with Gasteiger partial charge in [-0.2, -0.15) is 0 Å². The van der Waals surface area contributed by atoms with Gasteiger partial charge in [-0.25, -0.2) is 0 Å². The second-order valence-corrected chi connectivity index (χ2v) is 4.98. The molecule has 0 bridgehead atoms. The van der Waals surface area contributed by atoms with Gasteiger partial charge in [-0.15, -0.1) is 0 Å². The standard InChI is InChI=1S/C13H26N2O3/c1-3-18-13(17)8-12(16)9-14-11(2)10-15-6-4-5-7-15/h11-12,14,16H,3-10H2,1-2H3. The molecule has 0 spiro atoms. The van der Waals surface area contributed by atoms with Crippen molar-refractivity contribution < 1.29 is 14.6 Å². The van der Waals surface area contributed by atoms with Crippen LogP contribution in [0.5, 0.6) is 0 Å². The Bertz CT molecular complexity index is 242. The maximum atomic E-state index is 11.2. The lowest BCUT2D eigenvalue weighted by Crippen LogP contribution is -2.41. The highest BCUT2D eigenvalue weighted by atomic mass is 16.5. The number of nitrogens with one attached hydrogen (secondary N) is 1. The van der Waals surface area contributed by atoms with E-state index in [-0.39, 0.29) is 12.4 Å². The molecule has 0 aromatic carbocycles. The van der Waals surface area contributed by atoms with Gasteiger partial charge in [-0.3, -0.25) is 4.79 Å². The van der Waals surface area contributed by atoms with E-state index in [9.17, 15) is 9.90 Å². The Morgan fingerprint density at radius 2 is 2.11 bits per heavy atom. The van der Waals surface area contributed by atoms with E-state index in [4.69, 9.17) is 4.74 Å². The Morgan fingerprint density at radius 3 is 2.72 bits per heavy atom. The third-order valence-corrected chi connectivity index (χ3v) is 3.14. The maximum absolute atomic E-state index is 11.2. The van der Waals surface area contributed by atoms with Crippen molar-refractivity contribution in [3.63, 3.8) is 0 Å². The molecule has 1 fully saturated rings. The van der Waals surface area contributed by atoms with E-state index in [1.165, 1.54) is 25.9 Å². The van der Waals surface area contributed by atoms with Crippen molar-refractivity contribution in [2.24, 2.45) is 0 Å². The molecule has 1 rings (SSSR count). The highest BCUT2D eigenvalue weighted by Gasteiger charge is 2.16. The van der Waals surface area contributed by atoms with Crippen LogP contribution in [0.1, 0.15) is 33.1 Å². The lowest BCUT2D eigenvalue weighted by atomic mass is 10.2. The first kappa shape index (κ1) is 15.4. The number of nitrogens with zero attached hydrogens (tertiary/aromatic N) is 1. The summed E-state index contributed by atoms with van der Waals surface area (Å²) in [6.07, 6.45) is 1.98. The average Bonchev–Trinajstić information content (AvgIpc) is 2.79. The number of aliphatic hydroxyl groups excluding tert-OH is 1. The molecule has 106 valence electrons. The van der Waals surface area contributed by atoms with Gasteiger partial charge >= 0.3 is 5.97 Å². The van der Waals surface area contributed by atoms with Crippen LogP contribution in [-0.4, -0.2) is 60.9 Å². The van der Waals surface area contributed by atoms with Gasteiger partial charge in [0.1, 0.15) is 0 Å². The Labute approximate surface area is 109 Å². The van der Waals surface area contributed by atoms with Gasteiger partial charge in [0, 0.05) is 19.1 Å². The minimum Gasteiger partial charge on any atom is -0.466 e. The fourth-order valence-corrected chi connectivity index (χ4v) is 2.24. The predicted molar refractivity (Wildman–Crippen MR) is 70.4 cm³/mol. The van der Waals surface area contributed by atoms with Crippen LogP contribution in [0.2, 0.25) is 0 Å². The van der Waals surface area contributed by atoms with Gasteiger partial charge < -0.3 is 20.1 Å². The maximum Gasteiger partial charge on any atom is 0.308 e. The van der Waals surface area contributed by atoms with Crippen molar-refractivity contribution in [1.82, 2.24) is 10.2 Å². The summed E-state index contributed by atoms with van der Waals surface area (Å²) in [7, 11) is 0. The van der Waals surface area contributed by atoms with Crippen molar-refractivity contribution in [2.45, 2.75) is 45.3 Å². The van der Waals surface area contributed by atoms with Crippen LogP contribution in [-0.2, 0) is 9.53 Å². The molecular weight excluding hydrogens is 232 g/mol. The fraction of sp³-hybridized carbons (Fsp3) is 0.923. The van der Waals surface area contributed by atoms with Gasteiger partial charge in [0.05, 0.1) is 19.1 Å². The van der Waals surface area contributed by atoms with Gasteiger partial charge in [-0.1, -0.05) is 0 Å². The molecule has 18 heavy (non-hydrogen) atoms. The Hall–Kier alpha value is -0.650. The van der Waals surface area contributed by atoms with Crippen molar-refractivity contribution >= 4 is 5.97 Å². The first-order valence-corrected chi connectivity index (χ1v) is 6.91. The van der Waals surface area contributed by atoms with Crippen LogP contribution < -0.4 is 5.32 Å². The Kier molecular flexibility index (Phi) is 7.23. The minimum atomic E-state index is -0.662. The SMILES string of the molecule is CCOC(=O)CC(O)CNC(C)CN1CCCC1. The molecule has 0 radical (unpaired) electrons. The van der Waals surface area contributed by atoms with Crippen LogP contribution in [0.25, 0.3) is 0 Å². The van der Waals surface area contributed by atoms with Crippen molar-refractivity contribution in [1.29, 1.82) is 0 Å². The molecule has 1 aliphatic heterocycles. The number of carbonyl (C=O) groups excluding carboxylic acids is 1. The smallest absolute Gasteiger partial charge is 0.308 e. The molecule has 1 heterocycles. The topological polar surface area (TPSA) is 61.8 Å². The largest absolute Gasteiger partial charge is 0.466 e. The molecule has 0 aromatic rings. The van der Waals surface area contributed by atoms with Crippen LogP contribution in [0.4, 0.5) is 0 Å². The quantitative estimate of drug-likeness (QED) is 0.616. The summed E-state index contributed by atoms with van der Waals surface area (Å²) >= 11 is 0. The second-order valence-electron chi connectivity index (χ2n) is 4.98. The molecule has 5 heteroatoms. The van der Waals surface area contributed by atoms with E-state index in [0.717, 1.165) is 6.54 Å². The third kappa shape index (κ3) is 6.33. The second kappa shape index (κ2) is 8.45. The highest BCUT2D eigenvalue weighted by Crippen LogP contribution is 2.07. The molecule has 2 atom stereocenters. The molecule has 5 nitrogen and oxygen atoms in total. The van der Waals surface area contributed by atoms with Gasteiger partial charge in [0.25, 0.3) is 0 Å². The molecule has 0 saturated carbocycles. The lowest BCUT2D eigenvalue weighted by molar-refractivity contribution is -0.145. The van der Waals surface area contributed by atoms with Crippen LogP contribution in [0.3, 0.4) is 0 Å². The van der Waals surface area contributed by atoms with Crippen molar-refractivity contribution in [2.75, 3.05) is 32.8 Å². The molecule has 0 amide bonds. The number of carbonyl (C=O) groups is 1. The Morgan fingerprint density at radius 1 is 1.44 bits per heavy atom. The highest BCUT2D eigenvalue weighted by molar-refractivity contribution is 5.69. The summed E-state index contributed by atoms with van der Waals surface area (Å²) in [5.74, 6) is -0.334. The number of rotatable bonds is 8. The van der Waals surface area contributed by atoms with E-state index >= 15 is 0 Å². The summed E-state index contributed by atoms with van der Waals surface area (Å²) < 4.78 is 4.79. The fourth-order valence-electron chi connectivity index (χ4n) is 2.24. The average molecular weight is 258 g/mol. The van der Waals surface area contributed by atoms with E-state index < -0.39 is 6.10 Å². The molecule has 2 N–H and O–H groups in total. The normalized spacial score (nSPS) is 19.7. The van der Waals surface area contributed by atoms with E-state index in [1.807, 2.05) is 0 Å². The molecule has 0 aliphatic carbocycles. The number of aliphatic hydroxyl groups is 1. The monoisotopic (exact) mass is 258 g/mol. The number of esters is 1. The van der Waals surface area contributed by atoms with Crippen LogP contribution in [0.15, 0.2) is 0 Å². The van der Waals surface area contributed by atoms with E-state index in [1.54, 1.807) is 6.92 Å². The molecule has 2 unspecified atom stereocenters. The molecule has 1 aliphatic rings. The van der Waals surface area contributed by atoms with Crippen LogP contribution in [0, 0.1) is 0 Å². The summed E-state index contributed by atoms with van der Waals surface area (Å²) in [5, 5.41) is 12.9.